The third kappa shape index (κ3) is 1.69. The summed E-state index contributed by atoms with van der Waals surface area (Å²) in [5.74, 6) is 1.11. The highest BCUT2D eigenvalue weighted by atomic mass is 15.3. The molecule has 68 valence electrons. The summed E-state index contributed by atoms with van der Waals surface area (Å²) < 4.78 is 0. The van der Waals surface area contributed by atoms with Crippen molar-refractivity contribution >= 4 is 5.96 Å². The molecule has 0 aliphatic carbocycles. The number of rotatable bonds is 0. The first-order valence-electron chi connectivity index (χ1n) is 4.71. The highest BCUT2D eigenvalue weighted by Gasteiger charge is 2.14. The van der Waals surface area contributed by atoms with Crippen molar-refractivity contribution in [2.45, 2.75) is 6.42 Å². The Balaban J connectivity index is 1.91. The van der Waals surface area contributed by atoms with Crippen LogP contribution in [0.15, 0.2) is 4.99 Å². The zero-order chi connectivity index (χ0) is 8.23. The Labute approximate surface area is 73.0 Å². The molecular weight excluding hydrogens is 152 g/mol. The second-order valence-corrected chi connectivity index (χ2v) is 3.22. The van der Waals surface area contributed by atoms with Gasteiger partial charge in [-0.25, -0.2) is 0 Å². The van der Waals surface area contributed by atoms with Crippen LogP contribution >= 0.6 is 0 Å². The van der Waals surface area contributed by atoms with Gasteiger partial charge in [0.25, 0.3) is 0 Å². The minimum absolute atomic E-state index is 0.944. The lowest BCUT2D eigenvalue weighted by Crippen LogP contribution is -2.40. The molecule has 4 nitrogen and oxygen atoms in total. The van der Waals surface area contributed by atoms with Crippen LogP contribution in [0, 0.1) is 0 Å². The van der Waals surface area contributed by atoms with Crippen LogP contribution in [0.4, 0.5) is 0 Å². The monoisotopic (exact) mass is 168 g/mol. The van der Waals surface area contributed by atoms with Crippen molar-refractivity contribution in [3.8, 4) is 0 Å². The van der Waals surface area contributed by atoms with Gasteiger partial charge in [-0.05, 0) is 13.0 Å². The van der Waals surface area contributed by atoms with Crippen molar-refractivity contribution in [3.05, 3.63) is 0 Å². The van der Waals surface area contributed by atoms with Crippen molar-refractivity contribution in [2.75, 3.05) is 39.3 Å². The summed E-state index contributed by atoms with van der Waals surface area (Å²) in [5.41, 5.74) is 0. The summed E-state index contributed by atoms with van der Waals surface area (Å²) in [5, 5.41) is 6.68. The van der Waals surface area contributed by atoms with Gasteiger partial charge in [0.05, 0.1) is 6.54 Å². The largest absolute Gasteiger partial charge is 0.354 e. The second-order valence-electron chi connectivity index (χ2n) is 3.22. The average molecular weight is 168 g/mol. The maximum atomic E-state index is 4.40. The van der Waals surface area contributed by atoms with Crippen LogP contribution in [0.25, 0.3) is 0 Å². The molecule has 1 saturated heterocycles. The number of hydrogen-bond acceptors (Lipinski definition) is 4. The van der Waals surface area contributed by atoms with E-state index >= 15 is 0 Å². The van der Waals surface area contributed by atoms with Crippen LogP contribution in [0.3, 0.4) is 0 Å². The van der Waals surface area contributed by atoms with Gasteiger partial charge in [0.1, 0.15) is 0 Å². The van der Waals surface area contributed by atoms with Gasteiger partial charge < -0.3 is 15.5 Å². The predicted octanol–water partition coefficient (Wildman–Crippen LogP) is -0.759. The van der Waals surface area contributed by atoms with Crippen molar-refractivity contribution in [2.24, 2.45) is 4.99 Å². The summed E-state index contributed by atoms with van der Waals surface area (Å²) >= 11 is 0. The quantitative estimate of drug-likeness (QED) is 0.499. The lowest BCUT2D eigenvalue weighted by atomic mass is 10.4. The molecule has 2 heterocycles. The highest BCUT2D eigenvalue weighted by molar-refractivity contribution is 5.81. The van der Waals surface area contributed by atoms with E-state index in [9.17, 15) is 0 Å². The van der Waals surface area contributed by atoms with E-state index in [0.29, 0.717) is 0 Å². The van der Waals surface area contributed by atoms with Crippen molar-refractivity contribution in [1.82, 2.24) is 15.5 Å². The summed E-state index contributed by atoms with van der Waals surface area (Å²) in [7, 11) is 0. The molecule has 0 unspecified atom stereocenters. The van der Waals surface area contributed by atoms with E-state index in [1.165, 1.54) is 6.42 Å². The first-order valence-corrected chi connectivity index (χ1v) is 4.71. The molecule has 2 aliphatic heterocycles. The van der Waals surface area contributed by atoms with Gasteiger partial charge >= 0.3 is 0 Å². The van der Waals surface area contributed by atoms with E-state index in [4.69, 9.17) is 0 Å². The maximum Gasteiger partial charge on any atom is 0.194 e. The van der Waals surface area contributed by atoms with Gasteiger partial charge in [0.2, 0.25) is 0 Å². The van der Waals surface area contributed by atoms with Gasteiger partial charge in [-0.3, -0.25) is 4.99 Å². The number of guanidine groups is 1. The van der Waals surface area contributed by atoms with Crippen molar-refractivity contribution in [3.63, 3.8) is 0 Å². The van der Waals surface area contributed by atoms with Crippen LogP contribution in [0.1, 0.15) is 6.42 Å². The summed E-state index contributed by atoms with van der Waals surface area (Å²) in [6.07, 6.45) is 1.22. The minimum Gasteiger partial charge on any atom is -0.354 e. The molecule has 0 aromatic rings. The van der Waals surface area contributed by atoms with Crippen LogP contribution < -0.4 is 10.6 Å². The van der Waals surface area contributed by atoms with E-state index in [0.717, 1.165) is 45.2 Å². The molecule has 0 aromatic carbocycles. The molecular formula is C8H16N4. The van der Waals surface area contributed by atoms with Crippen molar-refractivity contribution in [1.29, 1.82) is 0 Å². The number of hydrogen-bond donors (Lipinski definition) is 2. The Morgan fingerprint density at radius 3 is 3.00 bits per heavy atom. The van der Waals surface area contributed by atoms with Crippen LogP contribution in [-0.4, -0.2) is 50.1 Å². The lowest BCUT2D eigenvalue weighted by Gasteiger charge is -2.21. The van der Waals surface area contributed by atoms with E-state index in [1.807, 2.05) is 0 Å². The van der Waals surface area contributed by atoms with Gasteiger partial charge in [-0.15, -0.1) is 0 Å². The third-order valence-electron chi connectivity index (χ3n) is 2.30. The molecule has 0 aromatic heterocycles. The molecule has 2 N–H and O–H groups in total. The normalized spacial score (nSPS) is 24.7. The molecule has 0 radical (unpaired) electrons. The SMILES string of the molecule is C1CNCCN(C2=NCCN2)C1. The Hall–Kier alpha value is -0.770. The summed E-state index contributed by atoms with van der Waals surface area (Å²) in [4.78, 5) is 6.74. The van der Waals surface area contributed by atoms with Gasteiger partial charge in [0.15, 0.2) is 5.96 Å². The first kappa shape index (κ1) is 7.86. The molecule has 0 bridgehead atoms. The fourth-order valence-corrected chi connectivity index (χ4v) is 1.65. The molecule has 1 fully saturated rings. The molecule has 12 heavy (non-hydrogen) atoms. The maximum absolute atomic E-state index is 4.40. The third-order valence-corrected chi connectivity index (χ3v) is 2.30. The van der Waals surface area contributed by atoms with E-state index < -0.39 is 0 Å². The van der Waals surface area contributed by atoms with Gasteiger partial charge in [-0.1, -0.05) is 0 Å². The fraction of sp³-hybridized carbons (Fsp3) is 0.875. The average Bonchev–Trinajstić information content (AvgIpc) is 2.48. The molecule has 2 rings (SSSR count). The second kappa shape index (κ2) is 3.76. The Morgan fingerprint density at radius 1 is 1.17 bits per heavy atom. The number of aliphatic imine (C=N–C) groups is 1. The molecule has 0 amide bonds. The van der Waals surface area contributed by atoms with E-state index in [1.54, 1.807) is 0 Å². The van der Waals surface area contributed by atoms with Crippen LogP contribution in [-0.2, 0) is 0 Å². The molecule has 2 aliphatic rings. The van der Waals surface area contributed by atoms with Crippen LogP contribution in [0.2, 0.25) is 0 Å². The molecule has 4 heteroatoms. The smallest absolute Gasteiger partial charge is 0.194 e. The Morgan fingerprint density at radius 2 is 2.17 bits per heavy atom. The molecule has 0 saturated carbocycles. The topological polar surface area (TPSA) is 39.7 Å². The summed E-state index contributed by atoms with van der Waals surface area (Å²) in [6.45, 7) is 6.41. The fourth-order valence-electron chi connectivity index (χ4n) is 1.65. The van der Waals surface area contributed by atoms with Gasteiger partial charge in [0, 0.05) is 26.2 Å². The molecule has 0 atom stereocenters. The Kier molecular flexibility index (Phi) is 2.46. The zero-order valence-electron chi connectivity index (χ0n) is 7.34. The first-order chi connectivity index (χ1) is 5.97. The minimum atomic E-state index is 0.944. The standard InChI is InChI=1S/C8H16N4/c1-2-9-5-7-12(6-1)8-10-3-4-11-8/h9H,1-7H2,(H,10,11). The summed E-state index contributed by atoms with van der Waals surface area (Å²) in [6, 6.07) is 0. The van der Waals surface area contributed by atoms with E-state index in [-0.39, 0.29) is 0 Å². The number of nitrogens with one attached hydrogen (secondary N) is 2. The number of nitrogens with zero attached hydrogens (tertiary/aromatic N) is 2. The van der Waals surface area contributed by atoms with Gasteiger partial charge in [-0.2, -0.15) is 0 Å². The lowest BCUT2D eigenvalue weighted by molar-refractivity contribution is 0.435. The zero-order valence-corrected chi connectivity index (χ0v) is 7.34. The van der Waals surface area contributed by atoms with E-state index in [2.05, 4.69) is 20.5 Å². The molecule has 0 spiro atoms. The Bertz CT molecular complexity index is 170. The highest BCUT2D eigenvalue weighted by Crippen LogP contribution is 1.98. The van der Waals surface area contributed by atoms with Crippen molar-refractivity contribution < 1.29 is 0 Å². The predicted molar refractivity (Wildman–Crippen MR) is 49.4 cm³/mol. The van der Waals surface area contributed by atoms with Crippen LogP contribution in [0.5, 0.6) is 0 Å².